The van der Waals surface area contributed by atoms with Crippen LogP contribution in [0.4, 0.5) is 19.3 Å². The molecule has 1 fully saturated rings. The third-order valence-electron chi connectivity index (χ3n) is 5.13. The highest BCUT2D eigenvalue weighted by molar-refractivity contribution is 5.96. The maximum Gasteiger partial charge on any atom is 0.411 e. The first-order valence-corrected chi connectivity index (χ1v) is 11.0. The molecule has 186 valence electrons. The van der Waals surface area contributed by atoms with Gasteiger partial charge in [0.05, 0.1) is 44.1 Å². The molecule has 1 aromatic carbocycles. The van der Waals surface area contributed by atoms with Crippen molar-refractivity contribution in [2.75, 3.05) is 25.0 Å². The highest BCUT2D eigenvalue weighted by Crippen LogP contribution is 2.31. The van der Waals surface area contributed by atoms with Gasteiger partial charge in [0.2, 0.25) is 5.91 Å². The minimum atomic E-state index is -3.12. The van der Waals surface area contributed by atoms with Crippen molar-refractivity contribution in [2.45, 2.75) is 38.8 Å². The molecule has 2 aromatic rings. The van der Waals surface area contributed by atoms with Crippen molar-refractivity contribution in [1.29, 1.82) is 5.26 Å². The number of carbonyl (C=O) groups is 3. The van der Waals surface area contributed by atoms with Crippen LogP contribution in [-0.4, -0.2) is 64.2 Å². The van der Waals surface area contributed by atoms with Crippen molar-refractivity contribution in [3.8, 4) is 6.07 Å². The highest BCUT2D eigenvalue weighted by Gasteiger charge is 2.47. The molecular weight excluding hydrogens is 462 g/mol. The monoisotopic (exact) mass is 488 g/mol. The molecule has 1 aromatic heterocycles. The highest BCUT2D eigenvalue weighted by atomic mass is 19.3. The molecular formula is C23H26F2N6O4. The minimum Gasteiger partial charge on any atom is -0.449 e. The van der Waals surface area contributed by atoms with Gasteiger partial charge in [0.25, 0.3) is 11.8 Å². The molecule has 1 aliphatic heterocycles. The summed E-state index contributed by atoms with van der Waals surface area (Å²) in [7, 11) is 0. The number of hydrogen-bond donors (Lipinski definition) is 2. The van der Waals surface area contributed by atoms with E-state index in [1.165, 1.54) is 17.1 Å². The molecule has 2 N–H and O–H groups in total. The lowest BCUT2D eigenvalue weighted by molar-refractivity contribution is -0.131. The number of nitriles is 1. The number of benzene rings is 1. The van der Waals surface area contributed by atoms with E-state index in [-0.39, 0.29) is 11.5 Å². The number of carbonyl (C=O) groups excluding carboxylic acids is 3. The van der Waals surface area contributed by atoms with Crippen LogP contribution in [0.25, 0.3) is 0 Å². The third kappa shape index (κ3) is 7.23. The van der Waals surface area contributed by atoms with E-state index in [2.05, 4.69) is 15.7 Å². The first kappa shape index (κ1) is 25.6. The molecule has 0 saturated carbocycles. The molecule has 0 aliphatic carbocycles. The van der Waals surface area contributed by atoms with Crippen LogP contribution in [0.3, 0.4) is 0 Å². The van der Waals surface area contributed by atoms with Crippen molar-refractivity contribution in [2.24, 2.45) is 5.92 Å². The smallest absolute Gasteiger partial charge is 0.411 e. The van der Waals surface area contributed by atoms with E-state index in [0.29, 0.717) is 18.8 Å². The van der Waals surface area contributed by atoms with Gasteiger partial charge in [0, 0.05) is 18.3 Å². The second kappa shape index (κ2) is 10.9. The average Bonchev–Trinajstić information content (AvgIpc) is 3.40. The molecule has 1 atom stereocenters. The summed E-state index contributed by atoms with van der Waals surface area (Å²) in [5, 5.41) is 18.1. The van der Waals surface area contributed by atoms with Gasteiger partial charge in [-0.2, -0.15) is 10.4 Å². The van der Waals surface area contributed by atoms with Gasteiger partial charge < -0.3 is 15.0 Å². The second-order valence-electron chi connectivity index (χ2n) is 8.65. The summed E-state index contributed by atoms with van der Waals surface area (Å²) in [4.78, 5) is 37.1. The Morgan fingerprint density at radius 1 is 1.29 bits per heavy atom. The first-order valence-electron chi connectivity index (χ1n) is 11.0. The molecule has 35 heavy (non-hydrogen) atoms. The largest absolute Gasteiger partial charge is 0.449 e. The Morgan fingerprint density at radius 3 is 2.66 bits per heavy atom. The van der Waals surface area contributed by atoms with Crippen LogP contribution in [0.2, 0.25) is 0 Å². The van der Waals surface area contributed by atoms with Gasteiger partial charge in [-0.25, -0.2) is 13.6 Å². The van der Waals surface area contributed by atoms with Gasteiger partial charge in [-0.1, -0.05) is 26.0 Å². The maximum atomic E-state index is 13.5. The van der Waals surface area contributed by atoms with E-state index in [1.54, 1.807) is 30.3 Å². The fourth-order valence-corrected chi connectivity index (χ4v) is 3.40. The Labute approximate surface area is 200 Å². The summed E-state index contributed by atoms with van der Waals surface area (Å²) in [6.07, 6.45) is 1.56. The van der Waals surface area contributed by atoms with Crippen molar-refractivity contribution < 1.29 is 27.9 Å². The second-order valence-corrected chi connectivity index (χ2v) is 8.65. The molecule has 3 amide bonds. The predicted molar refractivity (Wildman–Crippen MR) is 121 cm³/mol. The Morgan fingerprint density at radius 2 is 2.00 bits per heavy atom. The zero-order valence-corrected chi connectivity index (χ0v) is 19.3. The number of rotatable bonds is 8. The van der Waals surface area contributed by atoms with Crippen LogP contribution in [-0.2, 0) is 16.1 Å². The zero-order valence-electron chi connectivity index (χ0n) is 19.3. The van der Waals surface area contributed by atoms with Gasteiger partial charge in [0.15, 0.2) is 0 Å². The summed E-state index contributed by atoms with van der Waals surface area (Å²) in [6.45, 7) is 3.20. The van der Waals surface area contributed by atoms with Crippen LogP contribution in [0.15, 0.2) is 36.7 Å². The normalized spacial score (nSPS) is 16.6. The molecule has 0 bridgehead atoms. The van der Waals surface area contributed by atoms with Crippen molar-refractivity contribution in [1.82, 2.24) is 20.0 Å². The first-order chi connectivity index (χ1) is 16.6. The zero-order chi connectivity index (χ0) is 25.6. The summed E-state index contributed by atoms with van der Waals surface area (Å²) < 4.78 is 33.6. The molecule has 1 saturated heterocycles. The number of aromatic nitrogens is 2. The SMILES string of the molecule is CC(C)COC(=O)Nc1ccc(Cn2cc(C(=O)NCC(=O)N3CC(F)(F)C[C@H]3C#N)cn2)cc1. The number of nitrogens with zero attached hydrogens (tertiary/aromatic N) is 4. The minimum absolute atomic E-state index is 0.188. The fourth-order valence-electron chi connectivity index (χ4n) is 3.40. The summed E-state index contributed by atoms with van der Waals surface area (Å²) >= 11 is 0. The average molecular weight is 488 g/mol. The van der Waals surface area contributed by atoms with Crippen LogP contribution < -0.4 is 10.6 Å². The summed E-state index contributed by atoms with van der Waals surface area (Å²) in [6, 6.07) is 7.47. The Hall–Kier alpha value is -4.01. The summed E-state index contributed by atoms with van der Waals surface area (Å²) in [5.74, 6) is -4.23. The number of halogens is 2. The van der Waals surface area contributed by atoms with Crippen LogP contribution in [0.5, 0.6) is 0 Å². The van der Waals surface area contributed by atoms with Crippen LogP contribution >= 0.6 is 0 Å². The van der Waals surface area contributed by atoms with Crippen molar-refractivity contribution in [3.63, 3.8) is 0 Å². The third-order valence-corrected chi connectivity index (χ3v) is 5.13. The number of amides is 3. The van der Waals surface area contributed by atoms with Crippen LogP contribution in [0.1, 0.15) is 36.2 Å². The topological polar surface area (TPSA) is 129 Å². The Bertz CT molecular complexity index is 1110. The van der Waals surface area contributed by atoms with Crippen LogP contribution in [0, 0.1) is 17.2 Å². The number of anilines is 1. The lowest BCUT2D eigenvalue weighted by Gasteiger charge is -2.19. The van der Waals surface area contributed by atoms with E-state index in [1.807, 2.05) is 13.8 Å². The molecule has 12 heteroatoms. The predicted octanol–water partition coefficient (Wildman–Crippen LogP) is 2.63. The molecule has 1 aliphatic rings. The number of hydrogen-bond acceptors (Lipinski definition) is 6. The number of likely N-dealkylation sites (tertiary alicyclic amines) is 1. The quantitative estimate of drug-likeness (QED) is 0.588. The number of nitrogens with one attached hydrogen (secondary N) is 2. The van der Waals surface area contributed by atoms with Gasteiger partial charge in [0.1, 0.15) is 6.04 Å². The Kier molecular flexibility index (Phi) is 8.01. The number of ether oxygens (including phenoxy) is 1. The number of alkyl halides is 2. The maximum absolute atomic E-state index is 13.5. The van der Waals surface area contributed by atoms with Crippen molar-refractivity contribution >= 4 is 23.6 Å². The van der Waals surface area contributed by atoms with E-state index >= 15 is 0 Å². The standard InChI is InChI=1S/C23H26F2N6O4/c1-15(2)13-35-22(34)29-18-5-3-16(4-6-18)11-30-12-17(9-28-30)21(33)27-10-20(32)31-14-23(24,25)7-19(31)8-26/h3-6,9,12,15,19H,7,10-11,13-14H2,1-2H3,(H,27,33)(H,29,34)/t19-/m0/s1. The van der Waals surface area contributed by atoms with E-state index in [4.69, 9.17) is 10.00 Å². The van der Waals surface area contributed by atoms with E-state index in [0.717, 1.165) is 10.5 Å². The molecule has 0 spiro atoms. The van der Waals surface area contributed by atoms with E-state index < -0.39 is 49.4 Å². The van der Waals surface area contributed by atoms with Gasteiger partial charge in [-0.3, -0.25) is 19.6 Å². The summed E-state index contributed by atoms with van der Waals surface area (Å²) in [5.41, 5.74) is 1.61. The fraction of sp³-hybridized carbons (Fsp3) is 0.435. The van der Waals surface area contributed by atoms with Crippen molar-refractivity contribution in [3.05, 3.63) is 47.8 Å². The van der Waals surface area contributed by atoms with Gasteiger partial charge in [-0.05, 0) is 23.6 Å². The Balaban J connectivity index is 1.49. The lowest BCUT2D eigenvalue weighted by Crippen LogP contribution is -2.42. The lowest BCUT2D eigenvalue weighted by atomic mass is 10.2. The van der Waals surface area contributed by atoms with Gasteiger partial charge >= 0.3 is 6.09 Å². The molecule has 3 rings (SSSR count). The molecule has 0 radical (unpaired) electrons. The van der Waals surface area contributed by atoms with Gasteiger partial charge in [-0.15, -0.1) is 0 Å². The molecule has 10 nitrogen and oxygen atoms in total. The van der Waals surface area contributed by atoms with E-state index in [9.17, 15) is 23.2 Å². The molecule has 0 unspecified atom stereocenters. The molecule has 2 heterocycles.